The molecular formula is C36H35N9O11S3. The number of azo groups is 1. The molecule has 0 saturated heterocycles. The summed E-state index contributed by atoms with van der Waals surface area (Å²) in [4.78, 5) is 15.4. The number of fused-ring (bicyclic) bond motifs is 1. The molecule has 0 unspecified atom stereocenters. The Morgan fingerprint density at radius 3 is 2.24 bits per heavy atom. The third kappa shape index (κ3) is 9.22. The maximum absolute atomic E-state index is 12.7. The van der Waals surface area contributed by atoms with Crippen LogP contribution < -0.4 is 10.1 Å². The van der Waals surface area contributed by atoms with Gasteiger partial charge in [-0.05, 0) is 73.4 Å². The number of benzene rings is 3. The first-order chi connectivity index (χ1) is 27.6. The fourth-order valence-corrected chi connectivity index (χ4v) is 7.76. The third-order valence-electron chi connectivity index (χ3n) is 8.73. The normalized spacial score (nSPS) is 12.6. The number of nitrogens with zero attached hydrogens (tertiary/aromatic N) is 7. The highest BCUT2D eigenvalue weighted by molar-refractivity contribution is 7.86. The van der Waals surface area contributed by atoms with E-state index < -0.39 is 62.1 Å². The Bertz CT molecular complexity index is 3030. The van der Waals surface area contributed by atoms with Crippen LogP contribution in [0.25, 0.3) is 11.3 Å². The van der Waals surface area contributed by atoms with Gasteiger partial charge >= 0.3 is 0 Å². The molecule has 0 aliphatic carbocycles. The molecule has 3 aromatic heterocycles. The monoisotopic (exact) mass is 865 g/mol. The first-order valence-corrected chi connectivity index (χ1v) is 21.6. The maximum atomic E-state index is 12.7. The van der Waals surface area contributed by atoms with Gasteiger partial charge in [0, 0.05) is 23.9 Å². The van der Waals surface area contributed by atoms with Crippen LogP contribution in [-0.2, 0) is 42.2 Å². The van der Waals surface area contributed by atoms with Gasteiger partial charge in [0.2, 0.25) is 0 Å². The van der Waals surface area contributed by atoms with Crippen molar-refractivity contribution in [3.63, 3.8) is 0 Å². The topological polar surface area (TPSA) is 301 Å². The van der Waals surface area contributed by atoms with Gasteiger partial charge in [-0.25, -0.2) is 14.2 Å². The highest BCUT2D eigenvalue weighted by Crippen LogP contribution is 2.38. The summed E-state index contributed by atoms with van der Waals surface area (Å²) in [5.74, 6) is 0.0222. The van der Waals surface area contributed by atoms with Gasteiger partial charge in [-0.1, -0.05) is 32.9 Å². The molecule has 59 heavy (non-hydrogen) atoms. The summed E-state index contributed by atoms with van der Waals surface area (Å²) in [6.45, 7) is 7.49. The van der Waals surface area contributed by atoms with E-state index >= 15 is 0 Å². The number of aryl methyl sites for hydroxylation is 2. The lowest BCUT2D eigenvalue weighted by Gasteiger charge is -2.17. The molecule has 0 atom stereocenters. The summed E-state index contributed by atoms with van der Waals surface area (Å²) in [7, 11) is -14.4. The molecular weight excluding hydrogens is 831 g/mol. The van der Waals surface area contributed by atoms with Crippen molar-refractivity contribution in [3.05, 3.63) is 101 Å². The van der Waals surface area contributed by atoms with Crippen molar-refractivity contribution < 1.29 is 48.4 Å². The smallest absolute Gasteiger partial charge is 0.296 e. The lowest BCUT2D eigenvalue weighted by molar-refractivity contribution is 0.102. The molecule has 0 bridgehead atoms. The van der Waals surface area contributed by atoms with E-state index in [2.05, 4.69) is 25.7 Å². The number of nitriles is 1. The number of anilines is 1. The lowest BCUT2D eigenvalue weighted by Crippen LogP contribution is -2.16. The van der Waals surface area contributed by atoms with Crippen LogP contribution in [0.15, 0.2) is 97.8 Å². The Labute approximate surface area is 337 Å². The molecule has 20 nitrogen and oxygen atoms in total. The van der Waals surface area contributed by atoms with Crippen LogP contribution in [0.4, 0.5) is 17.2 Å². The van der Waals surface area contributed by atoms with Crippen molar-refractivity contribution in [1.29, 1.82) is 5.26 Å². The van der Waals surface area contributed by atoms with E-state index in [9.17, 15) is 49.0 Å². The van der Waals surface area contributed by atoms with Gasteiger partial charge in [0.1, 0.15) is 38.7 Å². The number of hydrogen-bond donors (Lipinski definition) is 5. The zero-order valence-electron chi connectivity index (χ0n) is 31.5. The zero-order chi connectivity index (χ0) is 43.1. The molecule has 308 valence electrons. The standard InChI is InChI=1S/C36H35N9O11S3/c1-21-26(19-37)33(45(42-21)28-18-24(57(47,48)49)15-16-30(28)59(53,54)55)41-40-32-27(36(2,3)4)20-44-34(32)39-31(43-44)10-7-17-56-23-13-11-22(12-14-23)38-35(46)25-8-5-6-9-29(25)58(50,51)52/h5-6,8-9,11-16,18,20H,7,10,17H2,1-4H3,(H,38,46)(H,39,43)(H,47,48,49)(H,50,51,52)(H,53,54,55). The Morgan fingerprint density at radius 2 is 1.61 bits per heavy atom. The van der Waals surface area contributed by atoms with Gasteiger partial charge in [-0.3, -0.25) is 23.6 Å². The first-order valence-electron chi connectivity index (χ1n) is 17.3. The summed E-state index contributed by atoms with van der Waals surface area (Å²) in [6, 6.07) is 15.9. The fraction of sp³-hybridized carbons (Fsp3) is 0.222. The van der Waals surface area contributed by atoms with Crippen molar-refractivity contribution in [1.82, 2.24) is 24.4 Å². The summed E-state index contributed by atoms with van der Waals surface area (Å²) >= 11 is 0. The Morgan fingerprint density at radius 1 is 0.932 bits per heavy atom. The number of hydrogen-bond acceptors (Lipinski definition) is 13. The summed E-state index contributed by atoms with van der Waals surface area (Å²) in [6.07, 6.45) is 2.71. The van der Waals surface area contributed by atoms with Crippen LogP contribution in [0.1, 0.15) is 60.2 Å². The molecule has 0 fully saturated rings. The van der Waals surface area contributed by atoms with Crippen LogP contribution in [-0.4, -0.2) is 75.8 Å². The Kier molecular flexibility index (Phi) is 11.3. The van der Waals surface area contributed by atoms with E-state index in [1.807, 2.05) is 26.8 Å². The molecule has 0 spiro atoms. The van der Waals surface area contributed by atoms with E-state index in [0.29, 0.717) is 47.0 Å². The number of amides is 1. The van der Waals surface area contributed by atoms with Crippen LogP contribution in [0.5, 0.6) is 5.75 Å². The van der Waals surface area contributed by atoms with Gasteiger partial charge in [-0.15, -0.1) is 10.2 Å². The number of rotatable bonds is 13. The second-order valence-corrected chi connectivity index (χ2v) is 18.2. The fourth-order valence-electron chi connectivity index (χ4n) is 5.92. The number of ether oxygens (including phenoxy) is 1. The molecule has 0 aliphatic rings. The number of H-pyrrole nitrogens is 1. The molecule has 0 radical (unpaired) electrons. The number of aromatic nitrogens is 5. The summed E-state index contributed by atoms with van der Waals surface area (Å²) in [5.41, 5.74) is 0.394. The quantitative estimate of drug-likeness (QED) is 0.0525. The van der Waals surface area contributed by atoms with E-state index in [1.54, 1.807) is 35.0 Å². The lowest BCUT2D eigenvalue weighted by atomic mass is 9.88. The second kappa shape index (κ2) is 15.8. The molecule has 5 N–H and O–H groups in total. The molecule has 6 rings (SSSR count). The minimum atomic E-state index is -4.98. The highest BCUT2D eigenvalue weighted by atomic mass is 32.2. The van der Waals surface area contributed by atoms with Crippen LogP contribution in [0.3, 0.4) is 0 Å². The van der Waals surface area contributed by atoms with Crippen LogP contribution >= 0.6 is 0 Å². The van der Waals surface area contributed by atoms with Crippen molar-refractivity contribution >= 4 is 59.1 Å². The number of carbonyl (C=O) groups excluding carboxylic acids is 1. The molecule has 0 saturated carbocycles. The molecule has 0 aliphatic heterocycles. The minimum Gasteiger partial charge on any atom is -0.494 e. The molecule has 6 aromatic rings. The third-order valence-corrected chi connectivity index (χ3v) is 11.4. The first kappa shape index (κ1) is 42.3. The van der Waals surface area contributed by atoms with Crippen molar-refractivity contribution in [2.75, 3.05) is 11.9 Å². The number of nitrogens with one attached hydrogen (secondary N) is 2. The van der Waals surface area contributed by atoms with Crippen LogP contribution in [0, 0.1) is 18.3 Å². The van der Waals surface area contributed by atoms with Crippen molar-refractivity contribution in [2.24, 2.45) is 10.2 Å². The van der Waals surface area contributed by atoms with Gasteiger partial charge in [-0.2, -0.15) is 35.6 Å². The predicted octanol–water partition coefficient (Wildman–Crippen LogP) is 5.75. The SMILES string of the molecule is Cc1nn(-c2cc(S(=O)(=O)O)ccc2S(=O)(=O)O)c(N=Nc2c(C(C)(C)C)cn3[nH]c(CCCOc4ccc(NC(=O)c5ccccc5S(=O)(=O)O)cc4)nc23)c1C#N. The van der Waals surface area contributed by atoms with E-state index in [-0.39, 0.29) is 29.2 Å². The average Bonchev–Trinajstić information content (AvgIpc) is 3.82. The Hall–Kier alpha value is -6.29. The van der Waals surface area contributed by atoms with E-state index in [4.69, 9.17) is 9.72 Å². The molecule has 23 heteroatoms. The van der Waals surface area contributed by atoms with Gasteiger partial charge in [0.05, 0.1) is 28.4 Å². The molecule has 3 aromatic carbocycles. The largest absolute Gasteiger partial charge is 0.494 e. The number of carbonyl (C=O) groups is 1. The van der Waals surface area contributed by atoms with Crippen molar-refractivity contribution in [2.45, 2.75) is 60.6 Å². The highest BCUT2D eigenvalue weighted by Gasteiger charge is 2.28. The van der Waals surface area contributed by atoms with Gasteiger partial charge < -0.3 is 10.1 Å². The van der Waals surface area contributed by atoms with Crippen molar-refractivity contribution in [3.8, 4) is 17.5 Å². The maximum Gasteiger partial charge on any atom is 0.296 e. The number of aromatic amines is 1. The predicted molar refractivity (Wildman–Crippen MR) is 210 cm³/mol. The summed E-state index contributed by atoms with van der Waals surface area (Å²) < 4.78 is 109. The second-order valence-electron chi connectivity index (χ2n) is 14.0. The van der Waals surface area contributed by atoms with Gasteiger partial charge in [0.15, 0.2) is 11.5 Å². The zero-order valence-corrected chi connectivity index (χ0v) is 34.0. The average molecular weight is 866 g/mol. The van der Waals surface area contributed by atoms with Gasteiger partial charge in [0.25, 0.3) is 36.3 Å². The summed E-state index contributed by atoms with van der Waals surface area (Å²) in [5, 5.41) is 28.7. The molecule has 3 heterocycles. The van der Waals surface area contributed by atoms with E-state index in [1.165, 1.54) is 25.1 Å². The minimum absolute atomic E-state index is 0.0741. The van der Waals surface area contributed by atoms with Crippen LogP contribution in [0.2, 0.25) is 0 Å². The van der Waals surface area contributed by atoms with E-state index in [0.717, 1.165) is 28.9 Å². The Balaban J connectivity index is 1.21. The molecule has 1 amide bonds.